The molecule has 0 aliphatic carbocycles. The molecule has 144 valence electrons. The highest BCUT2D eigenvalue weighted by Crippen LogP contribution is 2.40. The number of hydrogen-bond donors (Lipinski definition) is 2. The van der Waals surface area contributed by atoms with E-state index in [0.717, 1.165) is 11.9 Å². The maximum Gasteiger partial charge on any atom is 0.411 e. The molecule has 2 fully saturated rings. The van der Waals surface area contributed by atoms with Crippen molar-refractivity contribution in [2.75, 3.05) is 13.1 Å². The third kappa shape index (κ3) is 3.96. The fraction of sp³-hybridized carbons (Fsp3) is 0.611. The molecule has 1 unspecified atom stereocenters. The van der Waals surface area contributed by atoms with Gasteiger partial charge < -0.3 is 9.64 Å². The van der Waals surface area contributed by atoms with E-state index >= 15 is 0 Å². The summed E-state index contributed by atoms with van der Waals surface area (Å²) in [5, 5.41) is 8.90. The first-order chi connectivity index (χ1) is 12.1. The van der Waals surface area contributed by atoms with Crippen LogP contribution in [0.3, 0.4) is 0 Å². The Kier molecular flexibility index (Phi) is 5.87. The zero-order valence-corrected chi connectivity index (χ0v) is 16.0. The van der Waals surface area contributed by atoms with E-state index in [1.54, 1.807) is 15.9 Å². The SMILES string of the molecule is C=C(/N=C\C(=C/C)N1CCC2(CCCN2C(=O)OC(C)(C)C)C1=O)[NH2+]O. The normalized spacial score (nSPS) is 24.2. The molecular formula is C18H29N4O4+. The number of nitrogens with two attached hydrogens (primary N) is 1. The number of amides is 2. The minimum Gasteiger partial charge on any atom is -0.444 e. The van der Waals surface area contributed by atoms with Crippen molar-refractivity contribution in [3.8, 4) is 0 Å². The first kappa shape index (κ1) is 20.1. The van der Waals surface area contributed by atoms with Crippen LogP contribution in [0.4, 0.5) is 4.79 Å². The standard InChI is InChI=1S/C18H28N4O4/c1-6-14(12-19-13(2)20-25)21-11-9-18(15(21)23)8-7-10-22(18)16(24)26-17(3,4)5/h6,12,20,25H,2,7-11H2,1,3-5H3/p+1/b14-6+,19-12-. The molecule has 0 aromatic rings. The van der Waals surface area contributed by atoms with Crippen LogP contribution in [0.5, 0.6) is 0 Å². The average Bonchev–Trinajstić information content (AvgIpc) is 3.13. The quantitative estimate of drug-likeness (QED) is 0.581. The fourth-order valence-electron chi connectivity index (χ4n) is 3.43. The number of carbonyl (C=O) groups excluding carboxylic acids is 2. The largest absolute Gasteiger partial charge is 0.444 e. The number of nitrogens with zero attached hydrogens (tertiary/aromatic N) is 3. The topological polar surface area (TPSA) is 99.0 Å². The van der Waals surface area contributed by atoms with Crippen molar-refractivity contribution in [2.24, 2.45) is 4.99 Å². The van der Waals surface area contributed by atoms with E-state index in [4.69, 9.17) is 9.94 Å². The van der Waals surface area contributed by atoms with Crippen molar-refractivity contribution < 1.29 is 25.0 Å². The van der Waals surface area contributed by atoms with Gasteiger partial charge in [0.2, 0.25) is 5.82 Å². The number of allylic oxidation sites excluding steroid dienone is 2. The van der Waals surface area contributed by atoms with Crippen molar-refractivity contribution in [1.82, 2.24) is 9.80 Å². The summed E-state index contributed by atoms with van der Waals surface area (Å²) in [4.78, 5) is 33.1. The van der Waals surface area contributed by atoms with Crippen LogP contribution in [0.1, 0.15) is 47.0 Å². The van der Waals surface area contributed by atoms with E-state index in [2.05, 4.69) is 11.6 Å². The van der Waals surface area contributed by atoms with Gasteiger partial charge in [-0.3, -0.25) is 9.69 Å². The number of hydroxylamine groups is 1. The van der Waals surface area contributed by atoms with Gasteiger partial charge in [0.25, 0.3) is 5.91 Å². The van der Waals surface area contributed by atoms with E-state index in [9.17, 15) is 9.59 Å². The maximum absolute atomic E-state index is 13.2. The molecule has 2 rings (SSSR count). The molecule has 3 N–H and O–H groups in total. The average molecular weight is 365 g/mol. The van der Waals surface area contributed by atoms with Crippen molar-refractivity contribution in [3.63, 3.8) is 0 Å². The molecule has 2 aliphatic rings. The van der Waals surface area contributed by atoms with Crippen molar-refractivity contribution in [2.45, 2.75) is 58.1 Å². The summed E-state index contributed by atoms with van der Waals surface area (Å²) in [6, 6.07) is 0. The van der Waals surface area contributed by atoms with Crippen LogP contribution in [0, 0.1) is 0 Å². The van der Waals surface area contributed by atoms with Crippen molar-refractivity contribution in [1.29, 1.82) is 0 Å². The second kappa shape index (κ2) is 7.59. The minimum atomic E-state index is -0.843. The Hall–Kier alpha value is -2.19. The lowest BCUT2D eigenvalue weighted by atomic mass is 9.94. The van der Waals surface area contributed by atoms with E-state index in [1.807, 2.05) is 27.7 Å². The van der Waals surface area contributed by atoms with Crippen molar-refractivity contribution in [3.05, 3.63) is 24.2 Å². The van der Waals surface area contributed by atoms with Crippen LogP contribution in [-0.4, -0.2) is 57.5 Å². The number of ether oxygens (including phenoxy) is 1. The lowest BCUT2D eigenvalue weighted by Gasteiger charge is -2.34. The van der Waals surface area contributed by atoms with Gasteiger partial charge in [0.15, 0.2) is 0 Å². The number of quaternary nitrogens is 1. The van der Waals surface area contributed by atoms with Crippen LogP contribution in [-0.2, 0) is 9.53 Å². The summed E-state index contributed by atoms with van der Waals surface area (Å²) < 4.78 is 5.50. The second-order valence-electron chi connectivity index (χ2n) is 7.57. The Morgan fingerprint density at radius 3 is 2.65 bits per heavy atom. The molecule has 2 heterocycles. The Labute approximate surface area is 154 Å². The summed E-state index contributed by atoms with van der Waals surface area (Å²) >= 11 is 0. The van der Waals surface area contributed by atoms with Gasteiger partial charge >= 0.3 is 6.09 Å². The molecule has 0 aromatic carbocycles. The Bertz CT molecular complexity index is 650. The van der Waals surface area contributed by atoms with Gasteiger partial charge in [-0.2, -0.15) is 5.48 Å². The molecular weight excluding hydrogens is 336 g/mol. The minimum absolute atomic E-state index is 0.112. The highest BCUT2D eigenvalue weighted by atomic mass is 16.6. The van der Waals surface area contributed by atoms with Gasteiger partial charge in [-0.1, -0.05) is 6.08 Å². The molecule has 2 saturated heterocycles. The van der Waals surface area contributed by atoms with Gasteiger partial charge in [-0.15, -0.1) is 0 Å². The summed E-state index contributed by atoms with van der Waals surface area (Å²) in [6.07, 6.45) is 4.80. The molecule has 0 radical (unpaired) electrons. The summed E-state index contributed by atoms with van der Waals surface area (Å²) in [5.41, 5.74) is -0.0289. The Morgan fingerprint density at radius 2 is 2.08 bits per heavy atom. The van der Waals surface area contributed by atoms with Crippen LogP contribution in [0.2, 0.25) is 0 Å². The Morgan fingerprint density at radius 1 is 1.38 bits per heavy atom. The number of rotatable bonds is 4. The molecule has 0 saturated carbocycles. The maximum atomic E-state index is 13.2. The molecule has 0 aromatic heterocycles. The third-order valence-electron chi connectivity index (χ3n) is 4.61. The van der Waals surface area contributed by atoms with Crippen LogP contribution in [0.15, 0.2) is 29.2 Å². The summed E-state index contributed by atoms with van der Waals surface area (Å²) in [7, 11) is 0. The highest BCUT2D eigenvalue weighted by Gasteiger charge is 2.56. The summed E-state index contributed by atoms with van der Waals surface area (Å²) in [6.45, 7) is 11.8. The van der Waals surface area contributed by atoms with Gasteiger partial charge in [-0.05, 0) is 53.5 Å². The smallest absolute Gasteiger partial charge is 0.411 e. The van der Waals surface area contributed by atoms with Gasteiger partial charge in [-0.25, -0.2) is 15.0 Å². The van der Waals surface area contributed by atoms with Gasteiger partial charge in [0.05, 0.1) is 11.9 Å². The van der Waals surface area contributed by atoms with E-state index in [0.29, 0.717) is 31.6 Å². The van der Waals surface area contributed by atoms with Gasteiger partial charge in [0, 0.05) is 13.1 Å². The molecule has 0 bridgehead atoms. The Balaban J connectivity index is 2.21. The van der Waals surface area contributed by atoms with Crippen LogP contribution in [0.25, 0.3) is 0 Å². The second-order valence-corrected chi connectivity index (χ2v) is 7.57. The molecule has 8 nitrogen and oxygen atoms in total. The predicted molar refractivity (Wildman–Crippen MR) is 96.3 cm³/mol. The number of carbonyl (C=O) groups is 2. The summed E-state index contributed by atoms with van der Waals surface area (Å²) in [5.74, 6) is 0.0842. The number of likely N-dealkylation sites (tertiary alicyclic amines) is 2. The number of hydrogen-bond acceptors (Lipinski definition) is 5. The van der Waals surface area contributed by atoms with Gasteiger partial charge in [0.1, 0.15) is 11.1 Å². The van der Waals surface area contributed by atoms with E-state index in [1.165, 1.54) is 6.21 Å². The van der Waals surface area contributed by atoms with E-state index in [-0.39, 0.29) is 11.7 Å². The van der Waals surface area contributed by atoms with Crippen LogP contribution >= 0.6 is 0 Å². The molecule has 8 heteroatoms. The lowest BCUT2D eigenvalue weighted by molar-refractivity contribution is -0.851. The molecule has 26 heavy (non-hydrogen) atoms. The first-order valence-electron chi connectivity index (χ1n) is 8.84. The lowest BCUT2D eigenvalue weighted by Crippen LogP contribution is -2.77. The zero-order valence-electron chi connectivity index (χ0n) is 16.0. The molecule has 1 spiro atoms. The zero-order chi connectivity index (χ0) is 19.5. The molecule has 2 amide bonds. The number of aliphatic imine (C=N–C) groups is 1. The highest BCUT2D eigenvalue weighted by molar-refractivity contribution is 5.97. The third-order valence-corrected chi connectivity index (χ3v) is 4.61. The molecule has 2 aliphatic heterocycles. The predicted octanol–water partition coefficient (Wildman–Crippen LogP) is 1.39. The van der Waals surface area contributed by atoms with E-state index < -0.39 is 17.2 Å². The fourth-order valence-corrected chi connectivity index (χ4v) is 3.43. The molecule has 1 atom stereocenters. The monoisotopic (exact) mass is 365 g/mol. The van der Waals surface area contributed by atoms with Crippen molar-refractivity contribution >= 4 is 18.2 Å². The van der Waals surface area contributed by atoms with Crippen LogP contribution < -0.4 is 5.48 Å². The first-order valence-corrected chi connectivity index (χ1v) is 8.84.